The minimum Gasteiger partial charge on any atom is -0.463 e. The Balaban J connectivity index is 3.22. The van der Waals surface area contributed by atoms with Crippen LogP contribution in [0, 0.1) is 0 Å². The Morgan fingerprint density at radius 1 is 0.758 bits per heavy atom. The fourth-order valence-electron chi connectivity index (χ4n) is 3.31. The molecule has 0 saturated carbocycles. The van der Waals surface area contributed by atoms with Gasteiger partial charge in [0.1, 0.15) is 6.61 Å². The number of unbranched alkanes of at least 4 members (excludes halogenated alkanes) is 3. The summed E-state index contributed by atoms with van der Waals surface area (Å²) < 4.78 is 21.0. The third-order valence-corrected chi connectivity index (χ3v) is 5.29. The van der Waals surface area contributed by atoms with E-state index in [1.165, 1.54) is 0 Å². The van der Waals surface area contributed by atoms with Crippen molar-refractivity contribution in [2.75, 3.05) is 52.6 Å². The Labute approximate surface area is 195 Å². The van der Waals surface area contributed by atoms with Gasteiger partial charge in [-0.3, -0.25) is 9.80 Å². The highest BCUT2D eigenvalue weighted by Crippen LogP contribution is 2.27. The van der Waals surface area contributed by atoms with E-state index in [2.05, 4.69) is 0 Å². The van der Waals surface area contributed by atoms with Crippen LogP contribution in [0.4, 0.5) is 9.59 Å². The summed E-state index contributed by atoms with van der Waals surface area (Å²) in [5.74, 6) is -1.71. The van der Waals surface area contributed by atoms with Crippen LogP contribution in [-0.4, -0.2) is 92.1 Å². The van der Waals surface area contributed by atoms with Crippen LogP contribution in [0.1, 0.15) is 59.3 Å². The first-order valence-electron chi connectivity index (χ1n) is 11.8. The van der Waals surface area contributed by atoms with Gasteiger partial charge in [0.2, 0.25) is 0 Å². The van der Waals surface area contributed by atoms with E-state index in [-0.39, 0.29) is 46.1 Å². The predicted octanol–water partition coefficient (Wildman–Crippen LogP) is 2.06. The van der Waals surface area contributed by atoms with Gasteiger partial charge >= 0.3 is 24.1 Å². The molecule has 190 valence electrons. The number of nitrogens with zero attached hydrogens (tertiary/aromatic N) is 2. The number of primary amides is 1. The van der Waals surface area contributed by atoms with Crippen molar-refractivity contribution in [3.63, 3.8) is 0 Å². The minimum atomic E-state index is -2.02. The highest BCUT2D eigenvalue weighted by molar-refractivity contribution is 6.07. The smallest absolute Gasteiger partial charge is 0.411 e. The molecule has 33 heavy (non-hydrogen) atoms. The third kappa shape index (κ3) is 8.71. The Bertz CT molecular complexity index is 621. The van der Waals surface area contributed by atoms with Crippen molar-refractivity contribution in [2.45, 2.75) is 64.8 Å². The second-order valence-corrected chi connectivity index (χ2v) is 7.90. The van der Waals surface area contributed by atoms with E-state index in [9.17, 15) is 19.2 Å². The van der Waals surface area contributed by atoms with Gasteiger partial charge in [0, 0.05) is 26.2 Å². The molecule has 11 heteroatoms. The summed E-state index contributed by atoms with van der Waals surface area (Å²) >= 11 is 0. The van der Waals surface area contributed by atoms with E-state index < -0.39 is 29.7 Å². The van der Waals surface area contributed by atoms with Crippen LogP contribution < -0.4 is 5.73 Å². The fourth-order valence-corrected chi connectivity index (χ4v) is 3.31. The molecule has 0 aromatic carbocycles. The molecule has 0 aromatic heterocycles. The van der Waals surface area contributed by atoms with Crippen LogP contribution >= 0.6 is 0 Å². The number of piperazine rings is 1. The SMILES string of the molecule is CCCCOC(=O)N1CCN(CCOC(N)=O)CC1(C(=O)OCCCC)C(=O)OCCCC. The number of carbonyl (C=O) groups is 4. The molecule has 1 heterocycles. The highest BCUT2D eigenvalue weighted by atomic mass is 16.6. The van der Waals surface area contributed by atoms with Gasteiger partial charge in [-0.25, -0.2) is 19.2 Å². The Morgan fingerprint density at radius 3 is 1.76 bits per heavy atom. The molecule has 1 saturated heterocycles. The average molecular weight is 474 g/mol. The number of amides is 2. The average Bonchev–Trinajstić information content (AvgIpc) is 2.78. The topological polar surface area (TPSA) is 138 Å². The molecule has 1 aliphatic rings. The zero-order valence-corrected chi connectivity index (χ0v) is 20.1. The largest absolute Gasteiger partial charge is 0.463 e. The molecule has 1 rings (SSSR count). The summed E-state index contributed by atoms with van der Waals surface area (Å²) in [5.41, 5.74) is 3.00. The Hall–Kier alpha value is -2.56. The van der Waals surface area contributed by atoms with Crippen LogP contribution in [-0.2, 0) is 28.5 Å². The molecule has 1 fully saturated rings. The lowest BCUT2D eigenvalue weighted by Gasteiger charge is -2.46. The lowest BCUT2D eigenvalue weighted by molar-refractivity contribution is -0.179. The fraction of sp³-hybridized carbons (Fsp3) is 0.818. The second-order valence-electron chi connectivity index (χ2n) is 7.90. The zero-order valence-electron chi connectivity index (χ0n) is 20.1. The van der Waals surface area contributed by atoms with Crippen molar-refractivity contribution in [3.8, 4) is 0 Å². The van der Waals surface area contributed by atoms with Gasteiger partial charge in [0.05, 0.1) is 19.8 Å². The summed E-state index contributed by atoms with van der Waals surface area (Å²) in [6.07, 6.45) is 2.61. The minimum absolute atomic E-state index is 0.0257. The van der Waals surface area contributed by atoms with Gasteiger partial charge < -0.3 is 24.7 Å². The summed E-state index contributed by atoms with van der Waals surface area (Å²) in [6.45, 7) is 6.64. The number of ether oxygens (including phenoxy) is 4. The van der Waals surface area contributed by atoms with Gasteiger partial charge in [-0.15, -0.1) is 0 Å². The van der Waals surface area contributed by atoms with Crippen molar-refractivity contribution in [2.24, 2.45) is 5.73 Å². The molecule has 2 N–H and O–H groups in total. The van der Waals surface area contributed by atoms with Crippen LogP contribution in [0.3, 0.4) is 0 Å². The third-order valence-electron chi connectivity index (χ3n) is 5.29. The summed E-state index contributed by atoms with van der Waals surface area (Å²) in [4.78, 5) is 53.4. The number of nitrogens with two attached hydrogens (primary N) is 1. The molecule has 11 nitrogen and oxygen atoms in total. The van der Waals surface area contributed by atoms with Gasteiger partial charge in [0.15, 0.2) is 0 Å². The molecular formula is C22H39N3O8. The molecule has 0 unspecified atom stereocenters. The quantitative estimate of drug-likeness (QED) is 0.174. The Kier molecular flexibility index (Phi) is 13.2. The number of hydrogen-bond acceptors (Lipinski definition) is 9. The molecular weight excluding hydrogens is 434 g/mol. The van der Waals surface area contributed by atoms with Crippen molar-refractivity contribution < 1.29 is 38.1 Å². The van der Waals surface area contributed by atoms with Crippen LogP contribution in [0.25, 0.3) is 0 Å². The van der Waals surface area contributed by atoms with Crippen LogP contribution in [0.2, 0.25) is 0 Å². The standard InChI is InChI=1S/C22H39N3O8/c1-4-7-13-30-18(26)22(19(27)31-14-8-5-2)17-24(12-16-32-20(23)28)10-11-25(22)21(29)33-15-9-6-3/h4-17H2,1-3H3,(H2,23,28). The van der Waals surface area contributed by atoms with Gasteiger partial charge in [-0.2, -0.15) is 0 Å². The van der Waals surface area contributed by atoms with E-state index in [0.717, 1.165) is 24.2 Å². The van der Waals surface area contributed by atoms with Crippen LogP contribution in [0.15, 0.2) is 0 Å². The van der Waals surface area contributed by atoms with Gasteiger partial charge in [-0.1, -0.05) is 40.0 Å². The monoisotopic (exact) mass is 473 g/mol. The van der Waals surface area contributed by atoms with Gasteiger partial charge in [0.25, 0.3) is 5.54 Å². The van der Waals surface area contributed by atoms with E-state index in [4.69, 9.17) is 24.7 Å². The maximum atomic E-state index is 13.3. The van der Waals surface area contributed by atoms with E-state index in [1.807, 2.05) is 20.8 Å². The lowest BCUT2D eigenvalue weighted by Crippen LogP contribution is -2.72. The molecule has 0 aliphatic carbocycles. The number of hydrogen-bond donors (Lipinski definition) is 1. The van der Waals surface area contributed by atoms with Crippen molar-refractivity contribution in [1.82, 2.24) is 9.80 Å². The van der Waals surface area contributed by atoms with E-state index in [0.29, 0.717) is 25.8 Å². The molecule has 0 aromatic rings. The zero-order chi connectivity index (χ0) is 24.7. The number of rotatable bonds is 14. The van der Waals surface area contributed by atoms with E-state index in [1.54, 1.807) is 4.90 Å². The number of carbonyl (C=O) groups excluding carboxylic acids is 4. The molecule has 0 bridgehead atoms. The second kappa shape index (κ2) is 15.3. The molecule has 0 atom stereocenters. The predicted molar refractivity (Wildman–Crippen MR) is 119 cm³/mol. The molecule has 2 amide bonds. The van der Waals surface area contributed by atoms with Gasteiger partial charge in [-0.05, 0) is 19.3 Å². The first-order valence-corrected chi connectivity index (χ1v) is 11.8. The lowest BCUT2D eigenvalue weighted by atomic mass is 9.93. The summed E-state index contributed by atoms with van der Waals surface area (Å²) in [6, 6.07) is 0. The first-order chi connectivity index (χ1) is 15.8. The normalized spacial score (nSPS) is 15.5. The van der Waals surface area contributed by atoms with Crippen LogP contribution in [0.5, 0.6) is 0 Å². The summed E-state index contributed by atoms with van der Waals surface area (Å²) in [5, 5.41) is 0. The maximum absolute atomic E-state index is 13.3. The molecule has 0 radical (unpaired) electrons. The van der Waals surface area contributed by atoms with Crippen molar-refractivity contribution >= 4 is 24.1 Å². The Morgan fingerprint density at radius 2 is 1.27 bits per heavy atom. The maximum Gasteiger partial charge on any atom is 0.411 e. The van der Waals surface area contributed by atoms with Crippen molar-refractivity contribution in [3.05, 3.63) is 0 Å². The highest BCUT2D eigenvalue weighted by Gasteiger charge is 2.59. The number of esters is 2. The van der Waals surface area contributed by atoms with Crippen molar-refractivity contribution in [1.29, 1.82) is 0 Å². The molecule has 1 aliphatic heterocycles. The van der Waals surface area contributed by atoms with E-state index >= 15 is 0 Å². The molecule has 0 spiro atoms. The summed E-state index contributed by atoms with van der Waals surface area (Å²) in [7, 11) is 0. The first kappa shape index (κ1) is 28.5.